The molecule has 0 saturated carbocycles. The van der Waals surface area contributed by atoms with E-state index in [4.69, 9.17) is 9.84 Å². The van der Waals surface area contributed by atoms with Crippen LogP contribution in [0.2, 0.25) is 0 Å². The van der Waals surface area contributed by atoms with E-state index in [0.29, 0.717) is 23.0 Å². The van der Waals surface area contributed by atoms with Gasteiger partial charge in [-0.25, -0.2) is 4.98 Å². The number of carbonyl (C=O) groups is 1. The van der Waals surface area contributed by atoms with E-state index in [9.17, 15) is 4.79 Å². The average Bonchev–Trinajstić information content (AvgIpc) is 2.37. The van der Waals surface area contributed by atoms with E-state index < -0.39 is 5.97 Å². The Balaban J connectivity index is 2.21. The molecule has 0 aliphatic carbocycles. The van der Waals surface area contributed by atoms with E-state index in [1.165, 1.54) is 0 Å². The number of nitrogens with zero attached hydrogens (tertiary/aromatic N) is 2. The topological polar surface area (TPSA) is 72.3 Å². The molecule has 0 fully saturated rings. The first-order valence-corrected chi connectivity index (χ1v) is 6.40. The second-order valence-corrected chi connectivity index (χ2v) is 4.42. The summed E-state index contributed by atoms with van der Waals surface area (Å²) >= 11 is 0. The van der Waals surface area contributed by atoms with Gasteiger partial charge >= 0.3 is 5.97 Å². The molecular formula is C15H16N2O3. The Morgan fingerprint density at radius 3 is 2.80 bits per heavy atom. The highest BCUT2D eigenvalue weighted by Crippen LogP contribution is 2.21. The molecule has 1 N–H and O–H groups in total. The third-order valence-electron chi connectivity index (χ3n) is 2.71. The molecule has 0 amide bonds. The maximum absolute atomic E-state index is 10.7. The van der Waals surface area contributed by atoms with Crippen molar-refractivity contribution in [3.63, 3.8) is 0 Å². The summed E-state index contributed by atoms with van der Waals surface area (Å²) < 4.78 is 5.68. The Labute approximate surface area is 117 Å². The molecular weight excluding hydrogens is 256 g/mol. The van der Waals surface area contributed by atoms with E-state index in [1.807, 2.05) is 13.8 Å². The highest BCUT2D eigenvalue weighted by atomic mass is 16.5. The van der Waals surface area contributed by atoms with Crippen molar-refractivity contribution in [1.82, 2.24) is 9.97 Å². The lowest BCUT2D eigenvalue weighted by Gasteiger charge is -2.08. The second kappa shape index (κ2) is 6.14. The summed E-state index contributed by atoms with van der Waals surface area (Å²) in [6.45, 7) is 3.83. The van der Waals surface area contributed by atoms with Gasteiger partial charge in [-0.2, -0.15) is 4.98 Å². The van der Waals surface area contributed by atoms with Crippen molar-refractivity contribution in [2.75, 3.05) is 0 Å². The van der Waals surface area contributed by atoms with Crippen LogP contribution in [0.4, 0.5) is 0 Å². The summed E-state index contributed by atoms with van der Waals surface area (Å²) in [6, 6.07) is 8.79. The molecule has 0 spiro atoms. The molecule has 5 heteroatoms. The van der Waals surface area contributed by atoms with Gasteiger partial charge in [-0.3, -0.25) is 4.79 Å². The monoisotopic (exact) mass is 272 g/mol. The zero-order valence-corrected chi connectivity index (χ0v) is 11.5. The van der Waals surface area contributed by atoms with Gasteiger partial charge in [-0.1, -0.05) is 19.1 Å². The summed E-state index contributed by atoms with van der Waals surface area (Å²) in [4.78, 5) is 19.2. The SMILES string of the molecule is CCc1cc(Oc2cccc(CC(=O)O)c2)nc(C)n1. The van der Waals surface area contributed by atoms with Crippen molar-refractivity contribution in [2.45, 2.75) is 26.7 Å². The number of rotatable bonds is 5. The number of hydrogen-bond acceptors (Lipinski definition) is 4. The molecule has 1 aromatic carbocycles. The summed E-state index contributed by atoms with van der Waals surface area (Å²) in [5.74, 6) is 0.833. The zero-order valence-electron chi connectivity index (χ0n) is 11.5. The van der Waals surface area contributed by atoms with Crippen molar-refractivity contribution >= 4 is 5.97 Å². The quantitative estimate of drug-likeness (QED) is 0.906. The third-order valence-corrected chi connectivity index (χ3v) is 2.71. The number of carboxylic acid groups (broad SMARTS) is 1. The number of aromatic nitrogens is 2. The van der Waals surface area contributed by atoms with Gasteiger partial charge in [0, 0.05) is 11.8 Å². The lowest BCUT2D eigenvalue weighted by molar-refractivity contribution is -0.136. The normalized spacial score (nSPS) is 10.3. The molecule has 104 valence electrons. The van der Waals surface area contributed by atoms with Gasteiger partial charge in [0.05, 0.1) is 6.42 Å². The van der Waals surface area contributed by atoms with Crippen LogP contribution in [0.3, 0.4) is 0 Å². The average molecular weight is 272 g/mol. The van der Waals surface area contributed by atoms with Crippen molar-refractivity contribution in [1.29, 1.82) is 0 Å². The Morgan fingerprint density at radius 1 is 1.30 bits per heavy atom. The van der Waals surface area contributed by atoms with Crippen LogP contribution in [-0.4, -0.2) is 21.0 Å². The molecule has 1 heterocycles. The van der Waals surface area contributed by atoms with Crippen LogP contribution >= 0.6 is 0 Å². The van der Waals surface area contributed by atoms with E-state index >= 15 is 0 Å². The highest BCUT2D eigenvalue weighted by Gasteiger charge is 2.05. The number of benzene rings is 1. The number of carboxylic acids is 1. The van der Waals surface area contributed by atoms with Crippen LogP contribution in [0.25, 0.3) is 0 Å². The van der Waals surface area contributed by atoms with Crippen LogP contribution in [0.15, 0.2) is 30.3 Å². The lowest BCUT2D eigenvalue weighted by Crippen LogP contribution is -2.00. The van der Waals surface area contributed by atoms with Crippen LogP contribution < -0.4 is 4.74 Å². The number of aryl methyl sites for hydroxylation is 2. The van der Waals surface area contributed by atoms with Gasteiger partial charge in [-0.15, -0.1) is 0 Å². The minimum Gasteiger partial charge on any atom is -0.481 e. The standard InChI is InChI=1S/C15H16N2O3/c1-3-12-9-14(17-10(2)16-12)20-13-6-4-5-11(7-13)8-15(18)19/h4-7,9H,3,8H2,1-2H3,(H,18,19). The van der Waals surface area contributed by atoms with Crippen LogP contribution in [0, 0.1) is 6.92 Å². The van der Waals surface area contributed by atoms with Gasteiger partial charge in [0.15, 0.2) is 0 Å². The third kappa shape index (κ3) is 3.78. The van der Waals surface area contributed by atoms with Crippen molar-refractivity contribution in [3.05, 3.63) is 47.4 Å². The van der Waals surface area contributed by atoms with Gasteiger partial charge in [0.2, 0.25) is 5.88 Å². The van der Waals surface area contributed by atoms with Crippen LogP contribution in [0.5, 0.6) is 11.6 Å². The fourth-order valence-electron chi connectivity index (χ4n) is 1.85. The summed E-state index contributed by atoms with van der Waals surface area (Å²) in [5, 5.41) is 8.79. The minimum atomic E-state index is -0.867. The fourth-order valence-corrected chi connectivity index (χ4v) is 1.85. The molecule has 0 unspecified atom stereocenters. The van der Waals surface area contributed by atoms with Gasteiger partial charge in [0.25, 0.3) is 0 Å². The molecule has 1 aromatic heterocycles. The van der Waals surface area contributed by atoms with Crippen LogP contribution in [0.1, 0.15) is 24.0 Å². The predicted octanol–water partition coefficient (Wildman–Crippen LogP) is 2.77. The maximum atomic E-state index is 10.7. The molecule has 5 nitrogen and oxygen atoms in total. The molecule has 20 heavy (non-hydrogen) atoms. The first-order chi connectivity index (χ1) is 9.56. The Bertz CT molecular complexity index is 626. The van der Waals surface area contributed by atoms with Gasteiger partial charge < -0.3 is 9.84 Å². The fraction of sp³-hybridized carbons (Fsp3) is 0.267. The smallest absolute Gasteiger partial charge is 0.307 e. The Hall–Kier alpha value is -2.43. The molecule has 0 saturated heterocycles. The van der Waals surface area contributed by atoms with Crippen molar-refractivity contribution in [3.8, 4) is 11.6 Å². The Kier molecular flexibility index (Phi) is 4.30. The van der Waals surface area contributed by atoms with Gasteiger partial charge in [0.1, 0.15) is 11.6 Å². The molecule has 0 atom stereocenters. The molecule has 2 aromatic rings. The zero-order chi connectivity index (χ0) is 14.5. The molecule has 0 aliphatic heterocycles. The second-order valence-electron chi connectivity index (χ2n) is 4.42. The predicted molar refractivity (Wildman–Crippen MR) is 74.0 cm³/mol. The summed E-state index contributed by atoms with van der Waals surface area (Å²) in [7, 11) is 0. The van der Waals surface area contributed by atoms with Crippen LogP contribution in [-0.2, 0) is 17.6 Å². The summed E-state index contributed by atoms with van der Waals surface area (Å²) in [5.41, 5.74) is 1.60. The minimum absolute atomic E-state index is 0.0276. The first-order valence-electron chi connectivity index (χ1n) is 6.40. The van der Waals surface area contributed by atoms with Gasteiger partial charge in [-0.05, 0) is 31.0 Å². The van der Waals surface area contributed by atoms with E-state index in [-0.39, 0.29) is 6.42 Å². The molecule has 0 radical (unpaired) electrons. The van der Waals surface area contributed by atoms with E-state index in [1.54, 1.807) is 30.3 Å². The van der Waals surface area contributed by atoms with Crippen molar-refractivity contribution in [2.24, 2.45) is 0 Å². The number of ether oxygens (including phenoxy) is 1. The Morgan fingerprint density at radius 2 is 2.10 bits per heavy atom. The maximum Gasteiger partial charge on any atom is 0.307 e. The summed E-state index contributed by atoms with van der Waals surface area (Å²) in [6.07, 6.45) is 0.777. The first kappa shape index (κ1) is 14.0. The molecule has 2 rings (SSSR count). The largest absolute Gasteiger partial charge is 0.481 e. The highest BCUT2D eigenvalue weighted by molar-refractivity contribution is 5.70. The number of aliphatic carboxylic acids is 1. The molecule has 0 aliphatic rings. The van der Waals surface area contributed by atoms with E-state index in [2.05, 4.69) is 9.97 Å². The number of hydrogen-bond donors (Lipinski definition) is 1. The van der Waals surface area contributed by atoms with E-state index in [0.717, 1.165) is 12.1 Å². The lowest BCUT2D eigenvalue weighted by atomic mass is 10.1. The van der Waals surface area contributed by atoms with Crippen molar-refractivity contribution < 1.29 is 14.6 Å². The molecule has 0 bridgehead atoms.